The molecule has 0 aromatic heterocycles. The molecule has 0 saturated heterocycles. The summed E-state index contributed by atoms with van der Waals surface area (Å²) in [5.74, 6) is -0.0539. The van der Waals surface area contributed by atoms with Crippen LogP contribution in [0, 0.1) is 5.41 Å². The Hall–Kier alpha value is -1.55. The van der Waals surface area contributed by atoms with E-state index >= 15 is 0 Å². The summed E-state index contributed by atoms with van der Waals surface area (Å²) in [7, 11) is 3.94. The summed E-state index contributed by atoms with van der Waals surface area (Å²) in [5.41, 5.74) is 7.31. The molecule has 1 aromatic carbocycles. The van der Waals surface area contributed by atoms with Gasteiger partial charge in [0.05, 0.1) is 0 Å². The standard InChI is InChI=1S/C14H23N3O/c1-14(2,9-15)10-16-13(18)11-5-7-12(8-6-11)17(3)4/h5-8H,9-10,15H2,1-4H3,(H,16,18). The molecule has 0 unspecified atom stereocenters. The van der Waals surface area contributed by atoms with Crippen molar-refractivity contribution in [3.8, 4) is 0 Å². The van der Waals surface area contributed by atoms with Crippen LogP contribution in [0.15, 0.2) is 24.3 Å². The van der Waals surface area contributed by atoms with Crippen molar-refractivity contribution in [2.75, 3.05) is 32.1 Å². The van der Waals surface area contributed by atoms with Crippen LogP contribution in [0.3, 0.4) is 0 Å². The number of benzene rings is 1. The Balaban J connectivity index is 2.62. The molecule has 0 saturated carbocycles. The van der Waals surface area contributed by atoms with Crippen molar-refractivity contribution in [1.82, 2.24) is 5.32 Å². The van der Waals surface area contributed by atoms with Crippen LogP contribution in [0.4, 0.5) is 5.69 Å². The number of rotatable bonds is 5. The maximum atomic E-state index is 11.9. The minimum atomic E-state index is -0.0702. The topological polar surface area (TPSA) is 58.4 Å². The summed E-state index contributed by atoms with van der Waals surface area (Å²) >= 11 is 0. The molecule has 0 bridgehead atoms. The summed E-state index contributed by atoms with van der Waals surface area (Å²) in [6.45, 7) is 5.19. The lowest BCUT2D eigenvalue weighted by atomic mass is 9.94. The minimum Gasteiger partial charge on any atom is -0.378 e. The van der Waals surface area contributed by atoms with E-state index in [0.717, 1.165) is 5.69 Å². The highest BCUT2D eigenvalue weighted by Gasteiger charge is 2.17. The highest BCUT2D eigenvalue weighted by atomic mass is 16.1. The Bertz CT molecular complexity index is 396. The lowest BCUT2D eigenvalue weighted by molar-refractivity contribution is 0.0938. The lowest BCUT2D eigenvalue weighted by Crippen LogP contribution is -2.38. The molecule has 1 rings (SSSR count). The van der Waals surface area contributed by atoms with Gasteiger partial charge in [0.25, 0.3) is 5.91 Å². The first-order chi connectivity index (χ1) is 8.35. The molecule has 0 spiro atoms. The molecule has 0 aliphatic heterocycles. The van der Waals surface area contributed by atoms with Crippen LogP contribution in [-0.2, 0) is 0 Å². The minimum absolute atomic E-state index is 0.0539. The number of carbonyl (C=O) groups excluding carboxylic acids is 1. The third-order valence-corrected chi connectivity index (χ3v) is 2.93. The van der Waals surface area contributed by atoms with Gasteiger partial charge in [0.1, 0.15) is 0 Å². The Morgan fingerprint density at radius 1 is 1.28 bits per heavy atom. The number of hydrogen-bond donors (Lipinski definition) is 2. The molecule has 0 fully saturated rings. The van der Waals surface area contributed by atoms with Crippen molar-refractivity contribution in [1.29, 1.82) is 0 Å². The van der Waals surface area contributed by atoms with Crippen LogP contribution >= 0.6 is 0 Å². The average molecular weight is 249 g/mol. The fourth-order valence-electron chi connectivity index (χ4n) is 1.40. The van der Waals surface area contributed by atoms with Gasteiger partial charge < -0.3 is 16.0 Å². The van der Waals surface area contributed by atoms with Gasteiger partial charge in [-0.3, -0.25) is 4.79 Å². The molecular weight excluding hydrogens is 226 g/mol. The second-order valence-electron chi connectivity index (χ2n) is 5.49. The Morgan fingerprint density at radius 3 is 2.28 bits per heavy atom. The lowest BCUT2D eigenvalue weighted by Gasteiger charge is -2.22. The highest BCUT2D eigenvalue weighted by molar-refractivity contribution is 5.94. The average Bonchev–Trinajstić information content (AvgIpc) is 2.36. The van der Waals surface area contributed by atoms with E-state index in [2.05, 4.69) is 5.32 Å². The molecule has 0 aliphatic carbocycles. The first-order valence-corrected chi connectivity index (χ1v) is 6.11. The molecule has 100 valence electrons. The van der Waals surface area contributed by atoms with Crippen molar-refractivity contribution in [2.24, 2.45) is 11.1 Å². The van der Waals surface area contributed by atoms with E-state index in [0.29, 0.717) is 18.7 Å². The zero-order chi connectivity index (χ0) is 13.8. The summed E-state index contributed by atoms with van der Waals surface area (Å²) in [6.07, 6.45) is 0. The molecule has 18 heavy (non-hydrogen) atoms. The molecule has 4 heteroatoms. The van der Waals surface area contributed by atoms with Gasteiger partial charge in [0.2, 0.25) is 0 Å². The normalized spacial score (nSPS) is 11.2. The predicted molar refractivity (Wildman–Crippen MR) is 75.9 cm³/mol. The zero-order valence-electron chi connectivity index (χ0n) is 11.7. The van der Waals surface area contributed by atoms with Gasteiger partial charge >= 0.3 is 0 Å². The molecule has 1 aromatic rings. The van der Waals surface area contributed by atoms with Gasteiger partial charge in [-0.05, 0) is 36.2 Å². The second-order valence-corrected chi connectivity index (χ2v) is 5.49. The van der Waals surface area contributed by atoms with Gasteiger partial charge in [-0.25, -0.2) is 0 Å². The number of anilines is 1. The molecule has 1 amide bonds. The van der Waals surface area contributed by atoms with E-state index in [1.807, 2.05) is 57.1 Å². The Kier molecular flexibility index (Phi) is 4.73. The summed E-state index contributed by atoms with van der Waals surface area (Å²) in [4.78, 5) is 13.9. The molecule has 0 radical (unpaired) electrons. The zero-order valence-corrected chi connectivity index (χ0v) is 11.7. The van der Waals surface area contributed by atoms with E-state index in [1.165, 1.54) is 0 Å². The monoisotopic (exact) mass is 249 g/mol. The smallest absolute Gasteiger partial charge is 0.251 e. The fraction of sp³-hybridized carbons (Fsp3) is 0.500. The van der Waals surface area contributed by atoms with Crippen LogP contribution in [-0.4, -0.2) is 33.1 Å². The number of nitrogens with two attached hydrogens (primary N) is 1. The first-order valence-electron chi connectivity index (χ1n) is 6.11. The van der Waals surface area contributed by atoms with Crippen LogP contribution in [0.5, 0.6) is 0 Å². The SMILES string of the molecule is CN(C)c1ccc(C(=O)NCC(C)(C)CN)cc1. The fourth-order valence-corrected chi connectivity index (χ4v) is 1.40. The molecule has 3 N–H and O–H groups in total. The van der Waals surface area contributed by atoms with Gasteiger partial charge in [-0.15, -0.1) is 0 Å². The highest BCUT2D eigenvalue weighted by Crippen LogP contribution is 2.13. The largest absolute Gasteiger partial charge is 0.378 e. The number of carbonyl (C=O) groups is 1. The van der Waals surface area contributed by atoms with Crippen molar-refractivity contribution in [2.45, 2.75) is 13.8 Å². The van der Waals surface area contributed by atoms with E-state index in [4.69, 9.17) is 5.73 Å². The molecule has 0 atom stereocenters. The van der Waals surface area contributed by atoms with Crippen molar-refractivity contribution < 1.29 is 4.79 Å². The quantitative estimate of drug-likeness (QED) is 0.830. The van der Waals surface area contributed by atoms with Crippen molar-refractivity contribution in [3.05, 3.63) is 29.8 Å². The van der Waals surface area contributed by atoms with Crippen LogP contribution in [0.2, 0.25) is 0 Å². The Morgan fingerprint density at radius 2 is 1.83 bits per heavy atom. The maximum absolute atomic E-state index is 11.9. The number of hydrogen-bond acceptors (Lipinski definition) is 3. The van der Waals surface area contributed by atoms with Crippen molar-refractivity contribution in [3.63, 3.8) is 0 Å². The predicted octanol–water partition coefficient (Wildman–Crippen LogP) is 1.47. The van der Waals surface area contributed by atoms with E-state index in [-0.39, 0.29) is 11.3 Å². The molecule has 4 nitrogen and oxygen atoms in total. The van der Waals surface area contributed by atoms with E-state index in [9.17, 15) is 4.79 Å². The van der Waals surface area contributed by atoms with Gasteiger partial charge in [-0.1, -0.05) is 13.8 Å². The summed E-state index contributed by atoms with van der Waals surface area (Å²) < 4.78 is 0. The number of amides is 1. The molecular formula is C14H23N3O. The van der Waals surface area contributed by atoms with Gasteiger partial charge in [-0.2, -0.15) is 0 Å². The summed E-state index contributed by atoms with van der Waals surface area (Å²) in [6, 6.07) is 7.53. The first kappa shape index (κ1) is 14.5. The van der Waals surface area contributed by atoms with E-state index < -0.39 is 0 Å². The van der Waals surface area contributed by atoms with E-state index in [1.54, 1.807) is 0 Å². The van der Waals surface area contributed by atoms with Gasteiger partial charge in [0.15, 0.2) is 0 Å². The third kappa shape index (κ3) is 4.04. The van der Waals surface area contributed by atoms with Crippen molar-refractivity contribution >= 4 is 11.6 Å². The third-order valence-electron chi connectivity index (χ3n) is 2.93. The number of nitrogens with zero attached hydrogens (tertiary/aromatic N) is 1. The summed E-state index contributed by atoms with van der Waals surface area (Å²) in [5, 5.41) is 2.91. The second kappa shape index (κ2) is 5.87. The molecule has 0 heterocycles. The van der Waals surface area contributed by atoms with Crippen LogP contribution < -0.4 is 16.0 Å². The maximum Gasteiger partial charge on any atom is 0.251 e. The van der Waals surface area contributed by atoms with Gasteiger partial charge in [0, 0.05) is 31.9 Å². The Labute approximate surface area is 109 Å². The molecule has 0 aliphatic rings. The van der Waals surface area contributed by atoms with Crippen LogP contribution in [0.1, 0.15) is 24.2 Å². The number of nitrogens with one attached hydrogen (secondary N) is 1. The van der Waals surface area contributed by atoms with Crippen LogP contribution in [0.25, 0.3) is 0 Å².